The van der Waals surface area contributed by atoms with E-state index in [0.29, 0.717) is 6.04 Å². The van der Waals surface area contributed by atoms with Crippen LogP contribution in [0.1, 0.15) is 51.3 Å². The topological polar surface area (TPSA) is 46.9 Å². The summed E-state index contributed by atoms with van der Waals surface area (Å²) in [5.41, 5.74) is 2.00. The van der Waals surface area contributed by atoms with E-state index < -0.39 is 0 Å². The number of amides is 1. The maximum Gasteiger partial charge on any atom is 0.244 e. The summed E-state index contributed by atoms with van der Waals surface area (Å²) >= 11 is 0. The molecule has 1 aromatic carbocycles. The van der Waals surface area contributed by atoms with Crippen LogP contribution in [0.4, 0.5) is 0 Å². The molecule has 1 aliphatic carbocycles. The largest absolute Gasteiger partial charge is 0.352 e. The van der Waals surface area contributed by atoms with E-state index >= 15 is 0 Å². The van der Waals surface area contributed by atoms with Crippen molar-refractivity contribution in [3.05, 3.63) is 30.0 Å². The molecule has 0 bridgehead atoms. The third-order valence-corrected chi connectivity index (χ3v) is 4.91. The smallest absolute Gasteiger partial charge is 0.244 e. The molecule has 1 fully saturated rings. The molecular formula is C18H25N3O. The summed E-state index contributed by atoms with van der Waals surface area (Å²) in [7, 11) is 0. The molecule has 1 atom stereocenters. The number of rotatable bonds is 3. The van der Waals surface area contributed by atoms with Gasteiger partial charge in [0.1, 0.15) is 6.04 Å². The van der Waals surface area contributed by atoms with Crippen LogP contribution in [0.2, 0.25) is 0 Å². The van der Waals surface area contributed by atoms with Crippen molar-refractivity contribution < 1.29 is 4.79 Å². The van der Waals surface area contributed by atoms with Crippen LogP contribution in [-0.4, -0.2) is 21.7 Å². The summed E-state index contributed by atoms with van der Waals surface area (Å²) < 4.78 is 1.85. The number of nitrogens with zero attached hydrogens (tertiary/aromatic N) is 2. The summed E-state index contributed by atoms with van der Waals surface area (Å²) in [5, 5.41) is 8.90. The summed E-state index contributed by atoms with van der Waals surface area (Å²) in [6.45, 7) is 6.21. The first kappa shape index (κ1) is 15.1. The molecule has 118 valence electrons. The Bertz CT molecular complexity index is 668. The van der Waals surface area contributed by atoms with Gasteiger partial charge in [-0.15, -0.1) is 0 Å². The van der Waals surface area contributed by atoms with E-state index in [1.54, 1.807) is 0 Å². The Balaban J connectivity index is 1.75. The second kappa shape index (κ2) is 6.11. The lowest BCUT2D eigenvalue weighted by atomic mass is 9.87. The third kappa shape index (κ3) is 2.87. The Hall–Kier alpha value is -1.84. The molecule has 0 aliphatic heterocycles. The number of para-hydroxylation sites is 1. The minimum atomic E-state index is -0.280. The molecule has 1 amide bonds. The second-order valence-electron chi connectivity index (χ2n) is 6.69. The van der Waals surface area contributed by atoms with E-state index in [2.05, 4.69) is 23.4 Å². The first-order valence-electron chi connectivity index (χ1n) is 8.30. The van der Waals surface area contributed by atoms with Gasteiger partial charge in [0.2, 0.25) is 5.91 Å². The zero-order chi connectivity index (χ0) is 15.7. The fourth-order valence-corrected chi connectivity index (χ4v) is 3.38. The fourth-order valence-electron chi connectivity index (χ4n) is 3.38. The fraction of sp³-hybridized carbons (Fsp3) is 0.556. The Morgan fingerprint density at radius 3 is 2.68 bits per heavy atom. The van der Waals surface area contributed by atoms with Gasteiger partial charge in [-0.3, -0.25) is 9.48 Å². The van der Waals surface area contributed by atoms with Crippen molar-refractivity contribution in [1.82, 2.24) is 15.1 Å². The molecule has 1 aliphatic rings. The van der Waals surface area contributed by atoms with Crippen molar-refractivity contribution >= 4 is 16.8 Å². The predicted octanol–water partition coefficient (Wildman–Crippen LogP) is 3.60. The van der Waals surface area contributed by atoms with Crippen LogP contribution >= 0.6 is 0 Å². The predicted molar refractivity (Wildman–Crippen MR) is 88.7 cm³/mol. The van der Waals surface area contributed by atoms with Crippen molar-refractivity contribution in [2.24, 2.45) is 5.92 Å². The van der Waals surface area contributed by atoms with Gasteiger partial charge in [-0.1, -0.05) is 25.1 Å². The van der Waals surface area contributed by atoms with Crippen molar-refractivity contribution in [3.8, 4) is 0 Å². The highest BCUT2D eigenvalue weighted by Gasteiger charge is 2.24. The normalized spacial score (nSPS) is 23.4. The molecule has 0 radical (unpaired) electrons. The molecule has 22 heavy (non-hydrogen) atoms. The van der Waals surface area contributed by atoms with Crippen molar-refractivity contribution in [3.63, 3.8) is 0 Å². The molecule has 0 spiro atoms. The number of nitrogens with one attached hydrogen (secondary N) is 1. The van der Waals surface area contributed by atoms with Crippen molar-refractivity contribution in [1.29, 1.82) is 0 Å². The maximum atomic E-state index is 12.6. The lowest BCUT2D eigenvalue weighted by molar-refractivity contribution is -0.125. The maximum absolute atomic E-state index is 12.6. The number of carbonyl (C=O) groups excluding carboxylic acids is 1. The van der Waals surface area contributed by atoms with Crippen molar-refractivity contribution in [2.75, 3.05) is 0 Å². The highest BCUT2D eigenvalue weighted by molar-refractivity contribution is 5.86. The van der Waals surface area contributed by atoms with E-state index in [9.17, 15) is 4.79 Å². The van der Waals surface area contributed by atoms with Crippen LogP contribution in [0.15, 0.2) is 24.3 Å². The summed E-state index contributed by atoms with van der Waals surface area (Å²) in [5.74, 6) is 0.871. The van der Waals surface area contributed by atoms with Crippen LogP contribution in [0.25, 0.3) is 10.9 Å². The molecule has 1 N–H and O–H groups in total. The molecule has 1 heterocycles. The number of hydrogen-bond acceptors (Lipinski definition) is 2. The summed E-state index contributed by atoms with van der Waals surface area (Å²) in [4.78, 5) is 12.6. The Morgan fingerprint density at radius 2 is 1.95 bits per heavy atom. The molecule has 1 aromatic heterocycles. The zero-order valence-electron chi connectivity index (χ0n) is 13.7. The van der Waals surface area contributed by atoms with Crippen LogP contribution in [0.3, 0.4) is 0 Å². The van der Waals surface area contributed by atoms with Crippen LogP contribution in [0.5, 0.6) is 0 Å². The SMILES string of the molecule is Cc1nn(C(C)C(=O)NC2CCC(C)CC2)c2ccccc12. The minimum Gasteiger partial charge on any atom is -0.352 e. The van der Waals surface area contributed by atoms with Gasteiger partial charge in [-0.05, 0) is 51.5 Å². The highest BCUT2D eigenvalue weighted by atomic mass is 16.2. The Labute approximate surface area is 131 Å². The van der Waals surface area contributed by atoms with Gasteiger partial charge in [0.05, 0.1) is 11.2 Å². The van der Waals surface area contributed by atoms with Gasteiger partial charge in [0.15, 0.2) is 0 Å². The molecule has 1 saturated carbocycles. The van der Waals surface area contributed by atoms with Gasteiger partial charge in [-0.2, -0.15) is 5.10 Å². The van der Waals surface area contributed by atoms with E-state index in [-0.39, 0.29) is 11.9 Å². The quantitative estimate of drug-likeness (QED) is 0.941. The number of aromatic nitrogens is 2. The van der Waals surface area contributed by atoms with E-state index in [1.807, 2.05) is 36.7 Å². The number of benzene rings is 1. The number of fused-ring (bicyclic) bond motifs is 1. The van der Waals surface area contributed by atoms with Gasteiger partial charge in [0.25, 0.3) is 0 Å². The van der Waals surface area contributed by atoms with Crippen LogP contribution in [-0.2, 0) is 4.79 Å². The van der Waals surface area contributed by atoms with Gasteiger partial charge >= 0.3 is 0 Å². The highest BCUT2D eigenvalue weighted by Crippen LogP contribution is 2.25. The van der Waals surface area contributed by atoms with Gasteiger partial charge in [-0.25, -0.2) is 0 Å². The molecule has 1 unspecified atom stereocenters. The molecule has 2 aromatic rings. The molecular weight excluding hydrogens is 274 g/mol. The second-order valence-corrected chi connectivity index (χ2v) is 6.69. The third-order valence-electron chi connectivity index (χ3n) is 4.91. The first-order valence-corrected chi connectivity index (χ1v) is 8.30. The average Bonchev–Trinajstić information content (AvgIpc) is 2.86. The Morgan fingerprint density at radius 1 is 1.27 bits per heavy atom. The van der Waals surface area contributed by atoms with Crippen LogP contribution in [0, 0.1) is 12.8 Å². The number of hydrogen-bond donors (Lipinski definition) is 1. The van der Waals surface area contributed by atoms with E-state index in [4.69, 9.17) is 0 Å². The molecule has 3 rings (SSSR count). The average molecular weight is 299 g/mol. The monoisotopic (exact) mass is 299 g/mol. The van der Waals surface area contributed by atoms with Crippen molar-refractivity contribution in [2.45, 2.75) is 58.5 Å². The Kier molecular flexibility index (Phi) is 4.19. The lowest BCUT2D eigenvalue weighted by Gasteiger charge is -2.28. The van der Waals surface area contributed by atoms with Gasteiger partial charge < -0.3 is 5.32 Å². The van der Waals surface area contributed by atoms with E-state index in [0.717, 1.165) is 35.4 Å². The summed E-state index contributed by atoms with van der Waals surface area (Å²) in [6, 6.07) is 8.14. The molecule has 0 saturated heterocycles. The summed E-state index contributed by atoms with van der Waals surface area (Å²) in [6.07, 6.45) is 4.61. The lowest BCUT2D eigenvalue weighted by Crippen LogP contribution is -2.40. The number of carbonyl (C=O) groups is 1. The molecule has 4 nitrogen and oxygen atoms in total. The van der Waals surface area contributed by atoms with Gasteiger partial charge in [0, 0.05) is 11.4 Å². The van der Waals surface area contributed by atoms with Crippen LogP contribution < -0.4 is 5.32 Å². The molecule has 4 heteroatoms. The zero-order valence-corrected chi connectivity index (χ0v) is 13.7. The standard InChI is InChI=1S/C18H25N3O/c1-12-8-10-15(11-9-12)19-18(22)14(3)21-17-7-5-4-6-16(17)13(2)20-21/h4-7,12,14-15H,8-11H2,1-3H3,(H,19,22). The minimum absolute atomic E-state index is 0.0767. The first-order chi connectivity index (χ1) is 10.6. The van der Waals surface area contributed by atoms with E-state index in [1.165, 1.54) is 12.8 Å². The number of aryl methyl sites for hydroxylation is 1.